The zero-order valence-corrected chi connectivity index (χ0v) is 10.7. The van der Waals surface area contributed by atoms with E-state index in [4.69, 9.17) is 14.9 Å². The second-order valence-corrected chi connectivity index (χ2v) is 4.59. The van der Waals surface area contributed by atoms with Gasteiger partial charge in [0.2, 0.25) is 5.91 Å². The highest BCUT2D eigenvalue weighted by molar-refractivity contribution is 5.88. The van der Waals surface area contributed by atoms with Gasteiger partial charge in [-0.25, -0.2) is 4.79 Å². The van der Waals surface area contributed by atoms with Gasteiger partial charge in [0, 0.05) is 6.42 Å². The molecule has 116 valence electrons. The number of nitrogens with one attached hydrogen (secondary N) is 1. The summed E-state index contributed by atoms with van der Waals surface area (Å²) >= 11 is 0. The van der Waals surface area contributed by atoms with Gasteiger partial charge in [-0.05, 0) is 6.42 Å². The minimum atomic E-state index is -1.79. The first kappa shape index (κ1) is 16.8. The second kappa shape index (κ2) is 7.50. The van der Waals surface area contributed by atoms with Gasteiger partial charge in [0.1, 0.15) is 37.1 Å². The highest BCUT2D eigenvalue weighted by atomic mass is 16.5. The molecule has 0 aromatic carbocycles. The number of aliphatic hydroxyl groups excluding tert-OH is 5. The predicted octanol–water partition coefficient (Wildman–Crippen LogP) is -3.76. The van der Waals surface area contributed by atoms with Crippen LogP contribution < -0.4 is 5.32 Å². The molecule has 0 aliphatic carbocycles. The number of amides is 1. The number of carbonyl (C=O) groups is 2. The van der Waals surface area contributed by atoms with E-state index in [1.807, 2.05) is 0 Å². The molecule has 20 heavy (non-hydrogen) atoms. The third kappa shape index (κ3) is 4.39. The first-order valence-corrected chi connectivity index (χ1v) is 6.16. The van der Waals surface area contributed by atoms with E-state index in [9.17, 15) is 24.9 Å². The summed E-state index contributed by atoms with van der Waals surface area (Å²) in [6, 6.07) is -0.778. The number of rotatable bonds is 7. The number of hydrogen-bond donors (Lipinski definition) is 6. The molecule has 0 aromatic heterocycles. The maximum atomic E-state index is 11.5. The van der Waals surface area contributed by atoms with Crippen LogP contribution in [0.3, 0.4) is 0 Å². The summed E-state index contributed by atoms with van der Waals surface area (Å²) in [4.78, 5) is 22.4. The van der Waals surface area contributed by atoms with E-state index in [0.29, 0.717) is 6.42 Å². The summed E-state index contributed by atoms with van der Waals surface area (Å²) < 4.78 is 4.70. The van der Waals surface area contributed by atoms with Crippen LogP contribution in [0.1, 0.15) is 12.8 Å². The Balaban J connectivity index is 2.36. The van der Waals surface area contributed by atoms with Gasteiger partial charge in [0.15, 0.2) is 0 Å². The van der Waals surface area contributed by atoms with Crippen molar-refractivity contribution in [1.82, 2.24) is 5.32 Å². The van der Waals surface area contributed by atoms with Crippen LogP contribution in [0.5, 0.6) is 0 Å². The maximum absolute atomic E-state index is 11.5. The fourth-order valence-electron chi connectivity index (χ4n) is 1.72. The lowest BCUT2D eigenvalue weighted by molar-refractivity contribution is -0.158. The quantitative estimate of drug-likeness (QED) is 0.261. The zero-order valence-electron chi connectivity index (χ0n) is 10.7. The van der Waals surface area contributed by atoms with Crippen molar-refractivity contribution < 1.29 is 39.9 Å². The minimum Gasteiger partial charge on any atom is -0.461 e. The summed E-state index contributed by atoms with van der Waals surface area (Å²) in [5, 5.41) is 48.4. The average Bonchev–Trinajstić information content (AvgIpc) is 2.88. The molecular formula is C11H19NO8. The molecule has 1 fully saturated rings. The van der Waals surface area contributed by atoms with Gasteiger partial charge in [0.25, 0.3) is 0 Å². The highest BCUT2D eigenvalue weighted by Gasteiger charge is 2.33. The van der Waals surface area contributed by atoms with Crippen molar-refractivity contribution in [2.45, 2.75) is 43.3 Å². The van der Waals surface area contributed by atoms with Crippen molar-refractivity contribution in [2.75, 3.05) is 13.2 Å². The SMILES string of the molecule is O=C1CC[C@@H](C(=O)OC[C@H](O)[C@@H](O)[C@H](O)[C@H](O)CO)N1. The van der Waals surface area contributed by atoms with Crippen molar-refractivity contribution in [3.05, 3.63) is 0 Å². The number of aliphatic hydroxyl groups is 5. The summed E-state index contributed by atoms with van der Waals surface area (Å²) in [6.07, 6.45) is -6.31. The maximum Gasteiger partial charge on any atom is 0.328 e. The van der Waals surface area contributed by atoms with Crippen LogP contribution in [0.4, 0.5) is 0 Å². The number of carbonyl (C=O) groups excluding carboxylic acids is 2. The molecule has 1 rings (SSSR count). The lowest BCUT2D eigenvalue weighted by Gasteiger charge is -2.25. The Morgan fingerprint density at radius 3 is 2.35 bits per heavy atom. The summed E-state index contributed by atoms with van der Waals surface area (Å²) in [5.41, 5.74) is 0. The third-order valence-electron chi connectivity index (χ3n) is 3.00. The first-order valence-electron chi connectivity index (χ1n) is 6.16. The van der Waals surface area contributed by atoms with Crippen molar-refractivity contribution in [3.8, 4) is 0 Å². The molecule has 6 N–H and O–H groups in total. The molecule has 9 heteroatoms. The molecule has 9 nitrogen and oxygen atoms in total. The molecule has 0 bridgehead atoms. The van der Waals surface area contributed by atoms with Crippen LogP contribution in [-0.4, -0.2) is 81.1 Å². The topological polar surface area (TPSA) is 157 Å². The van der Waals surface area contributed by atoms with Crippen molar-refractivity contribution in [2.24, 2.45) is 0 Å². The van der Waals surface area contributed by atoms with E-state index in [-0.39, 0.29) is 12.3 Å². The molecule has 5 atom stereocenters. The van der Waals surface area contributed by atoms with Crippen molar-refractivity contribution >= 4 is 11.9 Å². The van der Waals surface area contributed by atoms with E-state index in [0.717, 1.165) is 0 Å². The Hall–Kier alpha value is -1.26. The fraction of sp³-hybridized carbons (Fsp3) is 0.818. The van der Waals surface area contributed by atoms with Gasteiger partial charge < -0.3 is 35.6 Å². The van der Waals surface area contributed by atoms with Gasteiger partial charge in [-0.3, -0.25) is 4.79 Å². The van der Waals surface area contributed by atoms with E-state index < -0.39 is 49.6 Å². The Bertz CT molecular complexity index is 349. The molecule has 1 amide bonds. The summed E-state index contributed by atoms with van der Waals surface area (Å²) in [5.74, 6) is -1.02. The summed E-state index contributed by atoms with van der Waals surface area (Å²) in [7, 11) is 0. The summed E-state index contributed by atoms with van der Waals surface area (Å²) in [6.45, 7) is -1.40. The Morgan fingerprint density at radius 1 is 1.25 bits per heavy atom. The largest absolute Gasteiger partial charge is 0.461 e. The van der Waals surface area contributed by atoms with Gasteiger partial charge >= 0.3 is 5.97 Å². The van der Waals surface area contributed by atoms with Crippen LogP contribution in [0.2, 0.25) is 0 Å². The Morgan fingerprint density at radius 2 is 1.85 bits per heavy atom. The Labute approximate surface area is 114 Å². The lowest BCUT2D eigenvalue weighted by Crippen LogP contribution is -2.48. The smallest absolute Gasteiger partial charge is 0.328 e. The monoisotopic (exact) mass is 293 g/mol. The molecule has 1 saturated heterocycles. The number of ether oxygens (including phenoxy) is 1. The van der Waals surface area contributed by atoms with E-state index in [1.54, 1.807) is 0 Å². The normalized spacial score (nSPS) is 24.6. The van der Waals surface area contributed by atoms with E-state index in [1.165, 1.54) is 0 Å². The van der Waals surface area contributed by atoms with Crippen LogP contribution in [0, 0.1) is 0 Å². The van der Waals surface area contributed by atoms with Crippen LogP contribution >= 0.6 is 0 Å². The standard InChI is InChI=1S/C11H19NO8/c13-3-6(14)9(17)10(18)7(15)4-20-11(19)5-1-2-8(16)12-5/h5-7,9-10,13-15,17-18H,1-4H2,(H,12,16)/t5-,6+,7-,9+,10+/m0/s1. The number of hydrogen-bond acceptors (Lipinski definition) is 8. The van der Waals surface area contributed by atoms with Crippen molar-refractivity contribution in [1.29, 1.82) is 0 Å². The van der Waals surface area contributed by atoms with E-state index >= 15 is 0 Å². The lowest BCUT2D eigenvalue weighted by atomic mass is 10.0. The van der Waals surface area contributed by atoms with Gasteiger partial charge in [-0.15, -0.1) is 0 Å². The average molecular weight is 293 g/mol. The molecule has 0 radical (unpaired) electrons. The molecule has 0 aromatic rings. The van der Waals surface area contributed by atoms with Gasteiger partial charge in [-0.1, -0.05) is 0 Å². The fourth-order valence-corrected chi connectivity index (χ4v) is 1.72. The minimum absolute atomic E-state index is 0.215. The molecule has 1 aliphatic rings. The molecule has 0 unspecified atom stereocenters. The Kier molecular flexibility index (Phi) is 6.30. The first-order chi connectivity index (χ1) is 9.36. The molecule has 1 heterocycles. The van der Waals surface area contributed by atoms with Crippen LogP contribution in [0.15, 0.2) is 0 Å². The van der Waals surface area contributed by atoms with Gasteiger partial charge in [-0.2, -0.15) is 0 Å². The molecular weight excluding hydrogens is 274 g/mol. The highest BCUT2D eigenvalue weighted by Crippen LogP contribution is 2.10. The van der Waals surface area contributed by atoms with Crippen molar-refractivity contribution in [3.63, 3.8) is 0 Å². The van der Waals surface area contributed by atoms with Crippen LogP contribution in [-0.2, 0) is 14.3 Å². The third-order valence-corrected chi connectivity index (χ3v) is 3.00. The molecule has 0 spiro atoms. The number of esters is 1. The predicted molar refractivity (Wildman–Crippen MR) is 63.2 cm³/mol. The molecule has 1 aliphatic heterocycles. The second-order valence-electron chi connectivity index (χ2n) is 4.59. The van der Waals surface area contributed by atoms with Gasteiger partial charge in [0.05, 0.1) is 6.61 Å². The van der Waals surface area contributed by atoms with E-state index in [2.05, 4.69) is 5.32 Å². The van der Waals surface area contributed by atoms with Crippen LogP contribution in [0.25, 0.3) is 0 Å². The molecule has 0 saturated carbocycles. The zero-order chi connectivity index (χ0) is 15.3.